The van der Waals surface area contributed by atoms with E-state index < -0.39 is 0 Å². The molecule has 88 valence electrons. The Kier molecular flexibility index (Phi) is 4.92. The highest BCUT2D eigenvalue weighted by Crippen LogP contribution is 1.96. The Morgan fingerprint density at radius 2 is 2.06 bits per heavy atom. The molecule has 0 saturated carbocycles. The standard InChI is InChI=1S/C12H19N3O/c1-10(2)15(3)12(16)9-14-8-11-4-6-13-7-5-11/h4-7,10,14H,8-9H2,1-3H3. The van der Waals surface area contributed by atoms with Gasteiger partial charge in [0.15, 0.2) is 0 Å². The molecule has 4 nitrogen and oxygen atoms in total. The fourth-order valence-corrected chi connectivity index (χ4v) is 1.23. The van der Waals surface area contributed by atoms with Crippen molar-refractivity contribution in [3.8, 4) is 0 Å². The summed E-state index contributed by atoms with van der Waals surface area (Å²) in [5.41, 5.74) is 1.13. The van der Waals surface area contributed by atoms with Crippen LogP contribution in [0.25, 0.3) is 0 Å². The highest BCUT2D eigenvalue weighted by atomic mass is 16.2. The summed E-state index contributed by atoms with van der Waals surface area (Å²) in [6.45, 7) is 5.07. The van der Waals surface area contributed by atoms with Gasteiger partial charge in [-0.1, -0.05) is 0 Å². The number of amides is 1. The molecule has 0 aliphatic rings. The van der Waals surface area contributed by atoms with Crippen molar-refractivity contribution in [2.45, 2.75) is 26.4 Å². The summed E-state index contributed by atoms with van der Waals surface area (Å²) in [4.78, 5) is 17.3. The number of carbonyl (C=O) groups is 1. The second-order valence-corrected chi connectivity index (χ2v) is 4.06. The summed E-state index contributed by atoms with van der Waals surface area (Å²) in [5.74, 6) is 0.115. The van der Waals surface area contributed by atoms with E-state index in [4.69, 9.17) is 0 Å². The number of hydrogen-bond donors (Lipinski definition) is 1. The first-order valence-electron chi connectivity index (χ1n) is 5.46. The normalized spacial score (nSPS) is 10.5. The largest absolute Gasteiger partial charge is 0.342 e. The average Bonchev–Trinajstić information content (AvgIpc) is 2.29. The Morgan fingerprint density at radius 1 is 1.44 bits per heavy atom. The van der Waals surface area contributed by atoms with Crippen LogP contribution in [0.3, 0.4) is 0 Å². The predicted molar refractivity (Wildman–Crippen MR) is 63.8 cm³/mol. The van der Waals surface area contributed by atoms with Crippen LogP contribution >= 0.6 is 0 Å². The van der Waals surface area contributed by atoms with Gasteiger partial charge in [-0.05, 0) is 31.5 Å². The van der Waals surface area contributed by atoms with Gasteiger partial charge >= 0.3 is 0 Å². The summed E-state index contributed by atoms with van der Waals surface area (Å²) >= 11 is 0. The third-order valence-electron chi connectivity index (χ3n) is 2.52. The Balaban J connectivity index is 2.28. The molecule has 1 rings (SSSR count). The predicted octanol–water partition coefficient (Wildman–Crippen LogP) is 1.04. The number of aromatic nitrogens is 1. The van der Waals surface area contributed by atoms with Crippen molar-refractivity contribution in [2.75, 3.05) is 13.6 Å². The molecule has 1 heterocycles. The molecule has 0 unspecified atom stereocenters. The van der Waals surface area contributed by atoms with Crippen LogP contribution in [0.2, 0.25) is 0 Å². The lowest BCUT2D eigenvalue weighted by Crippen LogP contribution is -2.39. The van der Waals surface area contributed by atoms with Gasteiger partial charge in [-0.3, -0.25) is 9.78 Å². The van der Waals surface area contributed by atoms with Crippen LogP contribution in [0.4, 0.5) is 0 Å². The van der Waals surface area contributed by atoms with Crippen molar-refractivity contribution >= 4 is 5.91 Å². The molecule has 0 aliphatic carbocycles. The number of pyridine rings is 1. The molecule has 0 radical (unpaired) electrons. The van der Waals surface area contributed by atoms with E-state index in [9.17, 15) is 4.79 Å². The molecule has 0 bridgehead atoms. The fourth-order valence-electron chi connectivity index (χ4n) is 1.23. The van der Waals surface area contributed by atoms with Gasteiger partial charge in [0.25, 0.3) is 0 Å². The van der Waals surface area contributed by atoms with Crippen molar-refractivity contribution in [1.29, 1.82) is 0 Å². The molecule has 0 aliphatic heterocycles. The van der Waals surface area contributed by atoms with E-state index >= 15 is 0 Å². The minimum atomic E-state index is 0.115. The Morgan fingerprint density at radius 3 is 2.62 bits per heavy atom. The van der Waals surface area contributed by atoms with Crippen LogP contribution in [0.5, 0.6) is 0 Å². The zero-order valence-corrected chi connectivity index (χ0v) is 10.1. The molecule has 0 aromatic carbocycles. The zero-order valence-electron chi connectivity index (χ0n) is 10.1. The molecule has 1 aromatic heterocycles. The zero-order chi connectivity index (χ0) is 12.0. The van der Waals surface area contributed by atoms with E-state index in [-0.39, 0.29) is 11.9 Å². The van der Waals surface area contributed by atoms with Gasteiger partial charge in [0.1, 0.15) is 0 Å². The molecule has 1 amide bonds. The molecule has 4 heteroatoms. The summed E-state index contributed by atoms with van der Waals surface area (Å²) in [6.07, 6.45) is 3.50. The smallest absolute Gasteiger partial charge is 0.236 e. The summed E-state index contributed by atoms with van der Waals surface area (Å²) in [5, 5.41) is 3.12. The second-order valence-electron chi connectivity index (χ2n) is 4.06. The molecule has 1 N–H and O–H groups in total. The van der Waals surface area contributed by atoms with Crippen LogP contribution in [0.1, 0.15) is 19.4 Å². The van der Waals surface area contributed by atoms with E-state index in [0.717, 1.165) is 5.56 Å². The second kappa shape index (κ2) is 6.23. The highest BCUT2D eigenvalue weighted by Gasteiger charge is 2.10. The van der Waals surface area contributed by atoms with Gasteiger partial charge in [-0.2, -0.15) is 0 Å². The quantitative estimate of drug-likeness (QED) is 0.808. The van der Waals surface area contributed by atoms with Gasteiger partial charge in [-0.15, -0.1) is 0 Å². The summed E-state index contributed by atoms with van der Waals surface area (Å²) < 4.78 is 0. The molecular weight excluding hydrogens is 202 g/mol. The Hall–Kier alpha value is -1.42. The minimum Gasteiger partial charge on any atom is -0.342 e. The molecule has 0 saturated heterocycles. The van der Waals surface area contributed by atoms with Crippen molar-refractivity contribution in [3.05, 3.63) is 30.1 Å². The first kappa shape index (κ1) is 12.6. The minimum absolute atomic E-state index is 0.115. The Bertz CT molecular complexity index is 324. The molecule has 16 heavy (non-hydrogen) atoms. The SMILES string of the molecule is CC(C)N(C)C(=O)CNCc1ccncc1. The van der Waals surface area contributed by atoms with E-state index in [0.29, 0.717) is 13.1 Å². The van der Waals surface area contributed by atoms with Crippen LogP contribution in [0.15, 0.2) is 24.5 Å². The van der Waals surface area contributed by atoms with Gasteiger partial charge in [0.2, 0.25) is 5.91 Å². The molecule has 0 spiro atoms. The molecular formula is C12H19N3O. The number of likely N-dealkylation sites (N-methyl/N-ethyl adjacent to an activating group) is 1. The van der Waals surface area contributed by atoms with E-state index in [1.807, 2.05) is 33.0 Å². The van der Waals surface area contributed by atoms with Crippen LogP contribution in [-0.4, -0.2) is 35.4 Å². The van der Waals surface area contributed by atoms with E-state index in [2.05, 4.69) is 10.3 Å². The van der Waals surface area contributed by atoms with Crippen molar-refractivity contribution in [2.24, 2.45) is 0 Å². The highest BCUT2D eigenvalue weighted by molar-refractivity contribution is 5.78. The van der Waals surface area contributed by atoms with Gasteiger partial charge in [0, 0.05) is 32.0 Å². The molecule has 0 fully saturated rings. The van der Waals surface area contributed by atoms with Gasteiger partial charge in [0.05, 0.1) is 6.54 Å². The Labute approximate surface area is 96.7 Å². The van der Waals surface area contributed by atoms with Crippen LogP contribution in [-0.2, 0) is 11.3 Å². The maximum atomic E-state index is 11.6. The number of carbonyl (C=O) groups excluding carboxylic acids is 1. The van der Waals surface area contributed by atoms with Crippen molar-refractivity contribution in [1.82, 2.24) is 15.2 Å². The van der Waals surface area contributed by atoms with Crippen molar-refractivity contribution < 1.29 is 4.79 Å². The fraction of sp³-hybridized carbons (Fsp3) is 0.500. The van der Waals surface area contributed by atoms with Crippen LogP contribution in [0, 0.1) is 0 Å². The van der Waals surface area contributed by atoms with Gasteiger partial charge in [-0.25, -0.2) is 0 Å². The monoisotopic (exact) mass is 221 g/mol. The number of nitrogens with zero attached hydrogens (tertiary/aromatic N) is 2. The first-order valence-corrected chi connectivity index (χ1v) is 5.46. The third kappa shape index (κ3) is 3.98. The van der Waals surface area contributed by atoms with Crippen LogP contribution < -0.4 is 5.32 Å². The van der Waals surface area contributed by atoms with E-state index in [1.54, 1.807) is 17.3 Å². The maximum Gasteiger partial charge on any atom is 0.236 e. The lowest BCUT2D eigenvalue weighted by molar-refractivity contribution is -0.130. The van der Waals surface area contributed by atoms with E-state index in [1.165, 1.54) is 0 Å². The topological polar surface area (TPSA) is 45.2 Å². The average molecular weight is 221 g/mol. The number of rotatable bonds is 5. The molecule has 1 aromatic rings. The lowest BCUT2D eigenvalue weighted by atomic mass is 10.2. The first-order chi connectivity index (χ1) is 7.61. The molecule has 0 atom stereocenters. The summed E-state index contributed by atoms with van der Waals surface area (Å²) in [6, 6.07) is 4.11. The third-order valence-corrected chi connectivity index (χ3v) is 2.52. The number of hydrogen-bond acceptors (Lipinski definition) is 3. The summed E-state index contributed by atoms with van der Waals surface area (Å²) in [7, 11) is 1.82. The number of nitrogens with one attached hydrogen (secondary N) is 1. The van der Waals surface area contributed by atoms with Gasteiger partial charge < -0.3 is 10.2 Å². The maximum absolute atomic E-state index is 11.6. The lowest BCUT2D eigenvalue weighted by Gasteiger charge is -2.21. The van der Waals surface area contributed by atoms with Crippen molar-refractivity contribution in [3.63, 3.8) is 0 Å².